The molecular formula is C51H96O12S. The quantitative estimate of drug-likeness (QED) is 0.0196. The topological polar surface area (TPSA) is 186 Å². The van der Waals surface area contributed by atoms with E-state index in [0.29, 0.717) is 12.8 Å². The molecular weight excluding hydrogens is 837 g/mol. The van der Waals surface area contributed by atoms with Crippen LogP contribution in [0.4, 0.5) is 0 Å². The molecule has 6 atom stereocenters. The van der Waals surface area contributed by atoms with Crippen LogP contribution < -0.4 is 0 Å². The molecule has 64 heavy (non-hydrogen) atoms. The van der Waals surface area contributed by atoms with Gasteiger partial charge in [0, 0.05) is 12.8 Å². The van der Waals surface area contributed by atoms with Crippen LogP contribution in [0.2, 0.25) is 0 Å². The summed E-state index contributed by atoms with van der Waals surface area (Å²) in [6.45, 7) is 3.79. The van der Waals surface area contributed by atoms with Gasteiger partial charge in [-0.05, 0) is 38.5 Å². The van der Waals surface area contributed by atoms with Crippen molar-refractivity contribution in [3.63, 3.8) is 0 Å². The first-order valence-electron chi connectivity index (χ1n) is 26.2. The van der Waals surface area contributed by atoms with E-state index in [0.717, 1.165) is 57.8 Å². The average molecular weight is 933 g/mol. The Hall–Kier alpha value is -1.61. The smallest absolute Gasteiger partial charge is 0.306 e. The van der Waals surface area contributed by atoms with Gasteiger partial charge in [-0.15, -0.1) is 0 Å². The van der Waals surface area contributed by atoms with Crippen LogP contribution in [0, 0.1) is 0 Å². The Kier molecular flexibility index (Phi) is 39.2. The number of ether oxygens (including phenoxy) is 4. The molecule has 1 aliphatic heterocycles. The maximum Gasteiger partial charge on any atom is 0.306 e. The van der Waals surface area contributed by atoms with Crippen LogP contribution in [-0.4, -0.2) is 96.0 Å². The highest BCUT2D eigenvalue weighted by Crippen LogP contribution is 2.24. The minimum atomic E-state index is -4.60. The predicted molar refractivity (Wildman–Crippen MR) is 257 cm³/mol. The van der Waals surface area contributed by atoms with E-state index in [-0.39, 0.29) is 19.4 Å². The van der Waals surface area contributed by atoms with Crippen molar-refractivity contribution < 1.29 is 56.8 Å². The van der Waals surface area contributed by atoms with Crippen molar-refractivity contribution >= 4 is 22.1 Å². The summed E-state index contributed by atoms with van der Waals surface area (Å²) in [6, 6.07) is 0. The van der Waals surface area contributed by atoms with Gasteiger partial charge in [0.05, 0.1) is 6.61 Å². The molecule has 0 radical (unpaired) electrons. The van der Waals surface area contributed by atoms with Gasteiger partial charge in [0.2, 0.25) is 0 Å². The number of allylic oxidation sites excluding steroid dienone is 2. The van der Waals surface area contributed by atoms with Crippen molar-refractivity contribution in [1.82, 2.24) is 0 Å². The molecule has 0 aromatic rings. The fourth-order valence-electron chi connectivity index (χ4n) is 8.26. The molecule has 1 heterocycles. The zero-order chi connectivity index (χ0) is 46.9. The number of hydrogen-bond donors (Lipinski definition) is 4. The van der Waals surface area contributed by atoms with Gasteiger partial charge in [-0.25, -0.2) is 0 Å². The lowest BCUT2D eigenvalue weighted by Crippen LogP contribution is -2.60. The van der Waals surface area contributed by atoms with E-state index in [1.54, 1.807) is 0 Å². The molecule has 0 spiro atoms. The molecule has 0 aromatic heterocycles. The van der Waals surface area contributed by atoms with E-state index < -0.39 is 71.2 Å². The van der Waals surface area contributed by atoms with Crippen LogP contribution in [-0.2, 0) is 38.7 Å². The summed E-state index contributed by atoms with van der Waals surface area (Å²) < 4.78 is 54.2. The Bertz CT molecular complexity index is 1230. The molecule has 12 nitrogen and oxygen atoms in total. The Morgan fingerprint density at radius 3 is 1.30 bits per heavy atom. The fourth-order valence-corrected chi connectivity index (χ4v) is 8.95. The Balaban J connectivity index is 2.34. The second kappa shape index (κ2) is 41.6. The second-order valence-electron chi connectivity index (χ2n) is 18.5. The molecule has 1 rings (SSSR count). The highest BCUT2D eigenvalue weighted by molar-refractivity contribution is 7.85. The fraction of sp³-hybridized carbons (Fsp3) is 0.922. The van der Waals surface area contributed by atoms with Crippen molar-refractivity contribution in [2.24, 2.45) is 0 Å². The number of aliphatic hydroxyl groups excluding tert-OH is 3. The van der Waals surface area contributed by atoms with E-state index >= 15 is 0 Å². The van der Waals surface area contributed by atoms with E-state index in [4.69, 9.17) is 18.9 Å². The molecule has 0 saturated carbocycles. The molecule has 1 fully saturated rings. The van der Waals surface area contributed by atoms with Gasteiger partial charge >= 0.3 is 11.9 Å². The maximum absolute atomic E-state index is 12.8. The summed E-state index contributed by atoms with van der Waals surface area (Å²) >= 11 is 0. The predicted octanol–water partition coefficient (Wildman–Crippen LogP) is 11.8. The molecule has 4 N–H and O–H groups in total. The molecule has 0 aromatic carbocycles. The van der Waals surface area contributed by atoms with Gasteiger partial charge in [-0.2, -0.15) is 8.42 Å². The summed E-state index contributed by atoms with van der Waals surface area (Å²) in [7, 11) is -4.60. The summed E-state index contributed by atoms with van der Waals surface area (Å²) in [5.74, 6) is -1.98. The van der Waals surface area contributed by atoms with E-state index in [1.807, 2.05) is 0 Å². The van der Waals surface area contributed by atoms with Gasteiger partial charge in [0.1, 0.15) is 36.8 Å². The van der Waals surface area contributed by atoms with Crippen LogP contribution in [0.3, 0.4) is 0 Å². The van der Waals surface area contributed by atoms with Crippen LogP contribution in [0.1, 0.15) is 245 Å². The lowest BCUT2D eigenvalue weighted by atomic mass is 10.00. The van der Waals surface area contributed by atoms with Gasteiger partial charge in [-0.3, -0.25) is 14.1 Å². The highest BCUT2D eigenvalue weighted by Gasteiger charge is 2.46. The number of carbonyl (C=O) groups excluding carboxylic acids is 2. The van der Waals surface area contributed by atoms with Crippen LogP contribution in [0.25, 0.3) is 0 Å². The van der Waals surface area contributed by atoms with Crippen LogP contribution >= 0.6 is 0 Å². The lowest BCUT2D eigenvalue weighted by molar-refractivity contribution is -0.297. The summed E-state index contributed by atoms with van der Waals surface area (Å²) in [5, 5.41) is 31.0. The third-order valence-corrected chi connectivity index (χ3v) is 13.1. The van der Waals surface area contributed by atoms with Gasteiger partial charge in [0.25, 0.3) is 10.1 Å². The van der Waals surface area contributed by atoms with Gasteiger partial charge in [0.15, 0.2) is 12.4 Å². The Labute approximate surface area is 390 Å². The minimum Gasteiger partial charge on any atom is -0.462 e. The molecule has 1 aliphatic rings. The summed E-state index contributed by atoms with van der Waals surface area (Å²) in [6.07, 6.45) is 36.8. The zero-order valence-electron chi connectivity index (χ0n) is 40.7. The number of unbranched alkanes of at least 4 members (excludes halogenated alkanes) is 31. The lowest BCUT2D eigenvalue weighted by Gasteiger charge is -2.40. The Morgan fingerprint density at radius 2 is 0.891 bits per heavy atom. The zero-order valence-corrected chi connectivity index (χ0v) is 41.5. The summed E-state index contributed by atoms with van der Waals surface area (Å²) in [5.41, 5.74) is 0. The SMILES string of the molecule is CCCCCCCC/C=C\CCCCCCCC(=O)OC(COC(=O)CCCCCCCCCCCCCCCCCCCCCCC)COC1OC(CS(=O)(=O)O)C(O)C(O)C1O. The van der Waals surface area contributed by atoms with Crippen molar-refractivity contribution in [2.75, 3.05) is 19.0 Å². The molecule has 0 amide bonds. The number of esters is 2. The summed E-state index contributed by atoms with van der Waals surface area (Å²) in [4.78, 5) is 25.5. The second-order valence-corrected chi connectivity index (χ2v) is 20.0. The van der Waals surface area contributed by atoms with Crippen molar-refractivity contribution in [2.45, 2.75) is 282 Å². The first kappa shape index (κ1) is 60.4. The minimum absolute atomic E-state index is 0.159. The molecule has 6 unspecified atom stereocenters. The third kappa shape index (κ3) is 35.6. The first-order valence-corrected chi connectivity index (χ1v) is 27.9. The first-order chi connectivity index (χ1) is 31.0. The molecule has 1 saturated heterocycles. The standard InChI is InChI=1S/C51H96O12S/c1-3-5-7-9-11-13-15-17-19-20-21-22-23-24-26-27-29-31-33-35-37-39-46(52)60-41-44(42-61-51-50(56)49(55)48(54)45(63-51)43-64(57,58)59)62-47(53)40-38-36-34-32-30-28-25-18-16-14-12-10-8-6-4-2/h18,25,44-45,48-51,54-56H,3-17,19-24,26-43H2,1-2H3,(H,57,58,59)/b25-18-. The van der Waals surface area contributed by atoms with Gasteiger partial charge in [-0.1, -0.05) is 206 Å². The largest absolute Gasteiger partial charge is 0.462 e. The normalized spacial score (nSPS) is 19.6. The average Bonchev–Trinajstić information content (AvgIpc) is 3.26. The van der Waals surface area contributed by atoms with E-state index in [9.17, 15) is 37.9 Å². The van der Waals surface area contributed by atoms with Crippen molar-refractivity contribution in [3.05, 3.63) is 12.2 Å². The monoisotopic (exact) mass is 933 g/mol. The van der Waals surface area contributed by atoms with Crippen molar-refractivity contribution in [1.29, 1.82) is 0 Å². The Morgan fingerprint density at radius 1 is 0.516 bits per heavy atom. The molecule has 13 heteroatoms. The molecule has 0 aliphatic carbocycles. The van der Waals surface area contributed by atoms with Crippen molar-refractivity contribution in [3.8, 4) is 0 Å². The molecule has 378 valence electrons. The molecule has 0 bridgehead atoms. The number of hydrogen-bond acceptors (Lipinski definition) is 11. The maximum atomic E-state index is 12.8. The number of carbonyl (C=O) groups is 2. The van der Waals surface area contributed by atoms with E-state index in [2.05, 4.69) is 26.0 Å². The number of rotatable bonds is 45. The number of aliphatic hydroxyl groups is 3. The highest BCUT2D eigenvalue weighted by atomic mass is 32.2. The van der Waals surface area contributed by atoms with Crippen LogP contribution in [0.5, 0.6) is 0 Å². The van der Waals surface area contributed by atoms with E-state index in [1.165, 1.54) is 148 Å². The van der Waals surface area contributed by atoms with Crippen LogP contribution in [0.15, 0.2) is 12.2 Å². The van der Waals surface area contributed by atoms with Gasteiger partial charge < -0.3 is 34.3 Å². The third-order valence-electron chi connectivity index (χ3n) is 12.3.